The fourth-order valence-electron chi connectivity index (χ4n) is 1.76. The molecular formula is C8H16O2. The molecule has 0 aliphatic heterocycles. The van der Waals surface area contributed by atoms with Crippen LogP contribution in [0.1, 0.15) is 39.0 Å². The molecule has 0 spiro atoms. The maximum Gasteiger partial charge on any atom is 0.0905 e. The molecule has 1 rings (SSSR count). The number of aliphatic hydroxyl groups is 2. The van der Waals surface area contributed by atoms with E-state index in [2.05, 4.69) is 0 Å². The maximum absolute atomic E-state index is 9.71. The first-order valence-electron chi connectivity index (χ1n) is 4.09. The molecule has 0 bridgehead atoms. The number of aliphatic hydroxyl groups excluding tert-OH is 1. The minimum atomic E-state index is -0.741. The Hall–Kier alpha value is -0.0800. The maximum atomic E-state index is 9.71. The van der Waals surface area contributed by atoms with Crippen LogP contribution in [0.3, 0.4) is 0 Å². The summed E-state index contributed by atoms with van der Waals surface area (Å²) in [5.41, 5.74) is -0.741. The Balaban J connectivity index is 2.48. The second-order valence-electron chi connectivity index (χ2n) is 3.26. The van der Waals surface area contributed by atoms with Gasteiger partial charge in [-0.15, -0.1) is 0 Å². The normalized spacial score (nSPS) is 40.5. The third-order valence-electron chi connectivity index (χ3n) is 2.39. The Morgan fingerprint density at radius 3 is 2.70 bits per heavy atom. The van der Waals surface area contributed by atoms with Gasteiger partial charge in [0, 0.05) is 0 Å². The Kier molecular flexibility index (Phi) is 2.32. The summed E-state index contributed by atoms with van der Waals surface area (Å²) in [6.45, 7) is 2.03. The molecule has 60 valence electrons. The van der Waals surface area contributed by atoms with Gasteiger partial charge in [-0.2, -0.15) is 0 Å². The zero-order valence-electron chi connectivity index (χ0n) is 6.51. The smallest absolute Gasteiger partial charge is 0.0905 e. The summed E-state index contributed by atoms with van der Waals surface area (Å²) >= 11 is 0. The molecule has 1 fully saturated rings. The third-order valence-corrected chi connectivity index (χ3v) is 2.39. The standard InChI is InChI=1S/C8H16O2/c1-2-5-8(10)6-3-4-7(8)9/h7,9-10H,2-6H2,1H3/t7-,8+/m1/s1. The van der Waals surface area contributed by atoms with Crippen molar-refractivity contribution in [1.82, 2.24) is 0 Å². The summed E-state index contributed by atoms with van der Waals surface area (Å²) in [5.74, 6) is 0. The van der Waals surface area contributed by atoms with Gasteiger partial charge in [0.2, 0.25) is 0 Å². The van der Waals surface area contributed by atoms with E-state index in [9.17, 15) is 10.2 Å². The van der Waals surface area contributed by atoms with E-state index >= 15 is 0 Å². The zero-order valence-corrected chi connectivity index (χ0v) is 6.51. The van der Waals surface area contributed by atoms with E-state index in [1.54, 1.807) is 0 Å². The average Bonchev–Trinajstić information content (AvgIpc) is 2.15. The predicted molar refractivity (Wildman–Crippen MR) is 39.7 cm³/mol. The number of rotatable bonds is 2. The van der Waals surface area contributed by atoms with Gasteiger partial charge >= 0.3 is 0 Å². The van der Waals surface area contributed by atoms with Crippen molar-refractivity contribution in [2.45, 2.75) is 50.7 Å². The summed E-state index contributed by atoms with van der Waals surface area (Å²) in [6.07, 6.45) is 3.75. The van der Waals surface area contributed by atoms with Gasteiger partial charge in [0.05, 0.1) is 11.7 Å². The molecule has 10 heavy (non-hydrogen) atoms. The van der Waals surface area contributed by atoms with Crippen molar-refractivity contribution in [3.05, 3.63) is 0 Å². The highest BCUT2D eigenvalue weighted by molar-refractivity contribution is 4.91. The molecule has 0 saturated heterocycles. The molecule has 0 radical (unpaired) electrons. The van der Waals surface area contributed by atoms with Crippen LogP contribution in [0.5, 0.6) is 0 Å². The lowest BCUT2D eigenvalue weighted by Crippen LogP contribution is -2.36. The van der Waals surface area contributed by atoms with E-state index in [0.717, 1.165) is 32.1 Å². The average molecular weight is 144 g/mol. The lowest BCUT2D eigenvalue weighted by molar-refractivity contribution is -0.0587. The molecule has 2 nitrogen and oxygen atoms in total. The summed E-state index contributed by atoms with van der Waals surface area (Å²) in [6, 6.07) is 0. The highest BCUT2D eigenvalue weighted by Crippen LogP contribution is 2.33. The number of hydrogen-bond donors (Lipinski definition) is 2. The molecule has 0 aromatic heterocycles. The lowest BCUT2D eigenvalue weighted by Gasteiger charge is -2.25. The van der Waals surface area contributed by atoms with E-state index in [0.29, 0.717) is 0 Å². The molecule has 1 aliphatic rings. The summed E-state index contributed by atoms with van der Waals surface area (Å²) in [4.78, 5) is 0. The van der Waals surface area contributed by atoms with Crippen molar-refractivity contribution in [3.63, 3.8) is 0 Å². The number of hydrogen-bond acceptors (Lipinski definition) is 2. The monoisotopic (exact) mass is 144 g/mol. The van der Waals surface area contributed by atoms with Crippen LogP contribution in [0.2, 0.25) is 0 Å². The van der Waals surface area contributed by atoms with E-state index in [4.69, 9.17) is 0 Å². The van der Waals surface area contributed by atoms with Crippen molar-refractivity contribution in [2.24, 2.45) is 0 Å². The minimum absolute atomic E-state index is 0.465. The van der Waals surface area contributed by atoms with E-state index in [-0.39, 0.29) is 0 Å². The Bertz CT molecular complexity index is 114. The summed E-state index contributed by atoms with van der Waals surface area (Å²) in [7, 11) is 0. The molecule has 0 aromatic carbocycles. The summed E-state index contributed by atoms with van der Waals surface area (Å²) < 4.78 is 0. The molecular weight excluding hydrogens is 128 g/mol. The van der Waals surface area contributed by atoms with Crippen LogP contribution in [0.4, 0.5) is 0 Å². The largest absolute Gasteiger partial charge is 0.390 e. The van der Waals surface area contributed by atoms with Gasteiger partial charge in [-0.1, -0.05) is 13.3 Å². The molecule has 0 unspecified atom stereocenters. The summed E-state index contributed by atoms with van der Waals surface area (Å²) in [5, 5.41) is 19.0. The van der Waals surface area contributed by atoms with Gasteiger partial charge in [-0.25, -0.2) is 0 Å². The van der Waals surface area contributed by atoms with Crippen LogP contribution in [-0.4, -0.2) is 21.9 Å². The van der Waals surface area contributed by atoms with Crippen LogP contribution in [0, 0.1) is 0 Å². The molecule has 2 heteroatoms. The fourth-order valence-corrected chi connectivity index (χ4v) is 1.76. The molecule has 2 N–H and O–H groups in total. The first kappa shape index (κ1) is 8.02. The van der Waals surface area contributed by atoms with Gasteiger partial charge in [0.25, 0.3) is 0 Å². The van der Waals surface area contributed by atoms with E-state index in [1.807, 2.05) is 6.92 Å². The molecule has 0 amide bonds. The Morgan fingerprint density at radius 2 is 2.30 bits per heavy atom. The second-order valence-corrected chi connectivity index (χ2v) is 3.26. The van der Waals surface area contributed by atoms with Crippen LogP contribution in [0.15, 0.2) is 0 Å². The topological polar surface area (TPSA) is 40.5 Å². The molecule has 0 heterocycles. The van der Waals surface area contributed by atoms with Crippen molar-refractivity contribution in [1.29, 1.82) is 0 Å². The second kappa shape index (κ2) is 2.89. The van der Waals surface area contributed by atoms with Gasteiger partial charge in [0.15, 0.2) is 0 Å². The van der Waals surface area contributed by atoms with E-state index < -0.39 is 11.7 Å². The van der Waals surface area contributed by atoms with Gasteiger partial charge in [0.1, 0.15) is 0 Å². The first-order chi connectivity index (χ1) is 4.69. The highest BCUT2D eigenvalue weighted by atomic mass is 16.3. The molecule has 2 atom stereocenters. The minimum Gasteiger partial charge on any atom is -0.390 e. The highest BCUT2D eigenvalue weighted by Gasteiger charge is 2.38. The van der Waals surface area contributed by atoms with Crippen LogP contribution in [0.25, 0.3) is 0 Å². The van der Waals surface area contributed by atoms with Gasteiger partial charge in [-0.3, -0.25) is 0 Å². The zero-order chi connectivity index (χ0) is 7.61. The van der Waals surface area contributed by atoms with Crippen LogP contribution < -0.4 is 0 Å². The van der Waals surface area contributed by atoms with Crippen LogP contribution in [-0.2, 0) is 0 Å². The third kappa shape index (κ3) is 1.32. The Labute approximate surface area is 61.9 Å². The molecule has 0 aromatic rings. The van der Waals surface area contributed by atoms with Crippen molar-refractivity contribution in [2.75, 3.05) is 0 Å². The molecule has 1 saturated carbocycles. The van der Waals surface area contributed by atoms with Crippen molar-refractivity contribution in [3.8, 4) is 0 Å². The predicted octanol–water partition coefficient (Wildman–Crippen LogP) is 1.06. The molecule has 1 aliphatic carbocycles. The lowest BCUT2D eigenvalue weighted by atomic mass is 9.94. The van der Waals surface area contributed by atoms with Crippen LogP contribution >= 0.6 is 0 Å². The van der Waals surface area contributed by atoms with Crippen molar-refractivity contribution >= 4 is 0 Å². The first-order valence-corrected chi connectivity index (χ1v) is 4.09. The van der Waals surface area contributed by atoms with Gasteiger partial charge in [-0.05, 0) is 25.7 Å². The fraction of sp³-hybridized carbons (Fsp3) is 1.00. The Morgan fingerprint density at radius 1 is 1.60 bits per heavy atom. The SMILES string of the molecule is CCC[C@]1(O)CCC[C@H]1O. The quantitative estimate of drug-likeness (QED) is 0.608. The van der Waals surface area contributed by atoms with Crippen molar-refractivity contribution < 1.29 is 10.2 Å². The van der Waals surface area contributed by atoms with Gasteiger partial charge < -0.3 is 10.2 Å². The van der Waals surface area contributed by atoms with E-state index in [1.165, 1.54) is 0 Å².